The Morgan fingerprint density at radius 2 is 1.33 bits per heavy atom. The van der Waals surface area contributed by atoms with Gasteiger partial charge in [-0.15, -0.1) is 0 Å². The van der Waals surface area contributed by atoms with Crippen molar-refractivity contribution in [2.24, 2.45) is 0 Å². The number of rotatable bonds is 6. The maximum atomic E-state index is 10.3. The largest absolute Gasteiger partial charge is 0.402 e. The van der Waals surface area contributed by atoms with Gasteiger partial charge in [0.25, 0.3) is 8.32 Å². The van der Waals surface area contributed by atoms with Crippen LogP contribution in [0.5, 0.6) is 0 Å². The lowest BCUT2D eigenvalue weighted by molar-refractivity contribution is 0.0391. The molecule has 0 aliphatic heterocycles. The fourth-order valence-corrected chi connectivity index (χ4v) is 8.11. The Labute approximate surface area is 147 Å². The van der Waals surface area contributed by atoms with Crippen LogP contribution in [0.15, 0.2) is 60.7 Å². The Kier molecular flexibility index (Phi) is 6.02. The molecule has 0 fully saturated rings. The minimum atomic E-state index is -2.55. The second-order valence-corrected chi connectivity index (χ2v) is 11.7. The molecule has 0 aromatic heterocycles. The quantitative estimate of drug-likeness (QED) is 0.811. The molecule has 0 aliphatic rings. The van der Waals surface area contributed by atoms with Gasteiger partial charge in [0.15, 0.2) is 0 Å². The van der Waals surface area contributed by atoms with Gasteiger partial charge in [-0.2, -0.15) is 0 Å². The molecule has 0 saturated heterocycles. The molecule has 0 heterocycles. The molecule has 0 aliphatic carbocycles. The summed E-state index contributed by atoms with van der Waals surface area (Å²) in [4.78, 5) is 0. The molecule has 24 heavy (non-hydrogen) atoms. The van der Waals surface area contributed by atoms with Gasteiger partial charge in [0.1, 0.15) is 0 Å². The summed E-state index contributed by atoms with van der Waals surface area (Å²) in [6, 6.07) is 21.1. The third kappa shape index (κ3) is 3.64. The zero-order chi connectivity index (χ0) is 17.8. The maximum Gasteiger partial charge on any atom is 0.261 e. The van der Waals surface area contributed by atoms with Crippen molar-refractivity contribution in [1.82, 2.24) is 0 Å². The summed E-state index contributed by atoms with van der Waals surface area (Å²) in [6.45, 7) is 10.8. The summed E-state index contributed by atoms with van der Waals surface area (Å²) < 4.78 is 6.82. The van der Waals surface area contributed by atoms with Gasteiger partial charge in [-0.05, 0) is 28.8 Å². The Morgan fingerprint density at radius 1 is 0.917 bits per heavy atom. The molecule has 0 bridgehead atoms. The van der Waals surface area contributed by atoms with Crippen LogP contribution in [0.3, 0.4) is 0 Å². The highest BCUT2D eigenvalue weighted by atomic mass is 28.4. The topological polar surface area (TPSA) is 29.5 Å². The first-order chi connectivity index (χ1) is 11.3. The van der Waals surface area contributed by atoms with Crippen molar-refractivity contribution in [2.75, 3.05) is 0 Å². The molecule has 2 aromatic rings. The monoisotopic (exact) mass is 342 g/mol. The fourth-order valence-electron chi connectivity index (χ4n) is 3.38. The van der Waals surface area contributed by atoms with E-state index in [0.29, 0.717) is 6.42 Å². The highest BCUT2D eigenvalue weighted by molar-refractivity contribution is 6.99. The van der Waals surface area contributed by atoms with Gasteiger partial charge in [-0.3, -0.25) is 0 Å². The van der Waals surface area contributed by atoms with Crippen LogP contribution in [0.4, 0.5) is 0 Å². The molecule has 0 saturated carbocycles. The molecular formula is C21H30O2Si. The summed E-state index contributed by atoms with van der Waals surface area (Å²) in [5.41, 5.74) is 0. The molecule has 2 rings (SSSR count). The summed E-state index contributed by atoms with van der Waals surface area (Å²) in [5.74, 6) is 0. The van der Waals surface area contributed by atoms with Crippen molar-refractivity contribution in [3.05, 3.63) is 60.7 Å². The molecule has 0 radical (unpaired) electrons. The first-order valence-electron chi connectivity index (χ1n) is 8.80. The van der Waals surface area contributed by atoms with Crippen molar-refractivity contribution >= 4 is 18.7 Å². The molecule has 130 valence electrons. The minimum absolute atomic E-state index is 0.0581. The SMILES string of the molecule is CC[C@@H](O)[C@@H](C)O[Si](c1ccccc1)(c1ccccc1)C(C)(C)C. The lowest BCUT2D eigenvalue weighted by Crippen LogP contribution is -2.68. The van der Waals surface area contributed by atoms with E-state index in [4.69, 9.17) is 4.43 Å². The van der Waals surface area contributed by atoms with E-state index in [1.54, 1.807) is 0 Å². The van der Waals surface area contributed by atoms with Crippen molar-refractivity contribution in [2.45, 2.75) is 58.3 Å². The van der Waals surface area contributed by atoms with Crippen LogP contribution in [0, 0.1) is 0 Å². The second kappa shape index (κ2) is 7.64. The lowest BCUT2D eigenvalue weighted by Gasteiger charge is -2.45. The van der Waals surface area contributed by atoms with E-state index in [2.05, 4.69) is 69.3 Å². The van der Waals surface area contributed by atoms with Crippen LogP contribution in [0.2, 0.25) is 5.04 Å². The van der Waals surface area contributed by atoms with Gasteiger partial charge in [0.05, 0.1) is 12.2 Å². The minimum Gasteiger partial charge on any atom is -0.402 e. The molecule has 0 unspecified atom stereocenters. The van der Waals surface area contributed by atoms with E-state index in [-0.39, 0.29) is 11.1 Å². The predicted octanol–water partition coefficient (Wildman–Crippen LogP) is 3.72. The first-order valence-corrected chi connectivity index (χ1v) is 10.7. The Bertz CT molecular complexity index is 580. The van der Waals surface area contributed by atoms with Crippen LogP contribution in [-0.2, 0) is 4.43 Å². The molecule has 2 nitrogen and oxygen atoms in total. The lowest BCUT2D eigenvalue weighted by atomic mass is 10.2. The molecule has 2 aromatic carbocycles. The smallest absolute Gasteiger partial charge is 0.261 e. The zero-order valence-electron chi connectivity index (χ0n) is 15.5. The fraction of sp³-hybridized carbons (Fsp3) is 0.429. The number of hydrogen-bond donors (Lipinski definition) is 1. The number of hydrogen-bond acceptors (Lipinski definition) is 2. The van der Waals surface area contributed by atoms with Crippen molar-refractivity contribution < 1.29 is 9.53 Å². The van der Waals surface area contributed by atoms with Gasteiger partial charge < -0.3 is 9.53 Å². The average Bonchev–Trinajstić information content (AvgIpc) is 2.59. The summed E-state index contributed by atoms with van der Waals surface area (Å²) in [6.07, 6.45) is 0.0345. The standard InChI is InChI=1S/C21H30O2Si/c1-6-20(22)17(2)23-24(21(3,4)5,18-13-9-7-10-14-18)19-15-11-8-12-16-19/h7-17,20,22H,6H2,1-5H3/t17-,20-/m1/s1. The highest BCUT2D eigenvalue weighted by Crippen LogP contribution is 2.37. The van der Waals surface area contributed by atoms with Gasteiger partial charge in [-0.1, -0.05) is 88.4 Å². The van der Waals surface area contributed by atoms with Crippen LogP contribution < -0.4 is 10.4 Å². The Morgan fingerprint density at radius 3 is 1.67 bits per heavy atom. The van der Waals surface area contributed by atoms with E-state index < -0.39 is 14.4 Å². The van der Waals surface area contributed by atoms with E-state index in [1.165, 1.54) is 10.4 Å². The molecular weight excluding hydrogens is 312 g/mol. The first kappa shape index (κ1) is 18.9. The number of benzene rings is 2. The van der Waals surface area contributed by atoms with Gasteiger partial charge in [-0.25, -0.2) is 0 Å². The third-order valence-electron chi connectivity index (χ3n) is 4.74. The van der Waals surface area contributed by atoms with E-state index in [9.17, 15) is 5.11 Å². The van der Waals surface area contributed by atoms with E-state index in [1.807, 2.05) is 26.0 Å². The Balaban J connectivity index is 2.66. The highest BCUT2D eigenvalue weighted by Gasteiger charge is 2.51. The predicted molar refractivity (Wildman–Crippen MR) is 104 cm³/mol. The third-order valence-corrected chi connectivity index (χ3v) is 9.87. The van der Waals surface area contributed by atoms with E-state index in [0.717, 1.165) is 0 Å². The molecule has 2 atom stereocenters. The van der Waals surface area contributed by atoms with Crippen molar-refractivity contribution in [3.63, 3.8) is 0 Å². The van der Waals surface area contributed by atoms with Crippen LogP contribution >= 0.6 is 0 Å². The summed E-state index contributed by atoms with van der Waals surface area (Å²) in [7, 11) is -2.55. The normalized spacial score (nSPS) is 15.1. The zero-order valence-corrected chi connectivity index (χ0v) is 16.5. The van der Waals surface area contributed by atoms with Crippen LogP contribution in [0.25, 0.3) is 0 Å². The molecule has 3 heteroatoms. The van der Waals surface area contributed by atoms with Crippen LogP contribution in [-0.4, -0.2) is 25.6 Å². The maximum absolute atomic E-state index is 10.3. The Hall–Kier alpha value is -1.42. The van der Waals surface area contributed by atoms with Crippen molar-refractivity contribution in [3.8, 4) is 0 Å². The average molecular weight is 343 g/mol. The number of aliphatic hydroxyl groups excluding tert-OH is 1. The van der Waals surface area contributed by atoms with Gasteiger partial charge in [0, 0.05) is 0 Å². The molecule has 0 amide bonds. The number of aliphatic hydroxyl groups is 1. The second-order valence-electron chi connectivity index (χ2n) is 7.46. The molecule has 0 spiro atoms. The van der Waals surface area contributed by atoms with Gasteiger partial charge >= 0.3 is 0 Å². The van der Waals surface area contributed by atoms with Gasteiger partial charge in [0.2, 0.25) is 0 Å². The van der Waals surface area contributed by atoms with Crippen molar-refractivity contribution in [1.29, 1.82) is 0 Å². The summed E-state index contributed by atoms with van der Waals surface area (Å²) in [5, 5.41) is 12.8. The molecule has 1 N–H and O–H groups in total. The summed E-state index contributed by atoms with van der Waals surface area (Å²) >= 11 is 0. The van der Waals surface area contributed by atoms with Crippen LogP contribution in [0.1, 0.15) is 41.0 Å². The van der Waals surface area contributed by atoms with E-state index >= 15 is 0 Å².